The fourth-order valence-electron chi connectivity index (χ4n) is 2.98. The highest BCUT2D eigenvalue weighted by atomic mass is 16.5. The summed E-state index contributed by atoms with van der Waals surface area (Å²) < 4.78 is 5.64. The van der Waals surface area contributed by atoms with Gasteiger partial charge in [0, 0.05) is 19.1 Å². The second kappa shape index (κ2) is 6.50. The van der Waals surface area contributed by atoms with E-state index >= 15 is 0 Å². The predicted octanol–water partition coefficient (Wildman–Crippen LogP) is 2.25. The topological polar surface area (TPSA) is 29.5 Å². The van der Waals surface area contributed by atoms with Crippen LogP contribution in [-0.4, -0.2) is 43.0 Å². The number of carbonyl (C=O) groups is 1. The van der Waals surface area contributed by atoms with Crippen molar-refractivity contribution >= 4 is 5.78 Å². The van der Waals surface area contributed by atoms with E-state index in [-0.39, 0.29) is 0 Å². The van der Waals surface area contributed by atoms with Gasteiger partial charge in [-0.1, -0.05) is 19.8 Å². The smallest absolute Gasteiger partial charge is 0.149 e. The lowest BCUT2D eigenvalue weighted by Crippen LogP contribution is -2.37. The number of ketones is 1. The number of hydrogen-bond donors (Lipinski definition) is 0. The van der Waals surface area contributed by atoms with E-state index in [1.54, 1.807) is 0 Å². The Kier molecular flexibility index (Phi) is 4.99. The van der Waals surface area contributed by atoms with Crippen LogP contribution in [0.25, 0.3) is 0 Å². The third-order valence-corrected chi connectivity index (χ3v) is 4.12. The van der Waals surface area contributed by atoms with Crippen molar-refractivity contribution in [2.45, 2.75) is 51.6 Å². The summed E-state index contributed by atoms with van der Waals surface area (Å²) >= 11 is 0. The molecule has 3 heteroatoms. The zero-order chi connectivity index (χ0) is 12.1. The molecular weight excluding hydrogens is 214 g/mol. The predicted molar refractivity (Wildman–Crippen MR) is 68.1 cm³/mol. The first-order valence-electron chi connectivity index (χ1n) is 7.16. The lowest BCUT2D eigenvalue weighted by molar-refractivity contribution is -0.124. The van der Waals surface area contributed by atoms with Gasteiger partial charge in [0.1, 0.15) is 5.78 Å². The largest absolute Gasteiger partial charge is 0.377 e. The Morgan fingerprint density at radius 2 is 2.00 bits per heavy atom. The van der Waals surface area contributed by atoms with Crippen LogP contribution in [0.4, 0.5) is 0 Å². The van der Waals surface area contributed by atoms with Crippen molar-refractivity contribution in [3.05, 3.63) is 0 Å². The van der Waals surface area contributed by atoms with E-state index in [2.05, 4.69) is 11.8 Å². The van der Waals surface area contributed by atoms with E-state index in [9.17, 15) is 4.79 Å². The molecule has 2 fully saturated rings. The van der Waals surface area contributed by atoms with Gasteiger partial charge in [0.05, 0.1) is 12.6 Å². The Morgan fingerprint density at radius 1 is 1.24 bits per heavy atom. The van der Waals surface area contributed by atoms with E-state index < -0.39 is 0 Å². The lowest BCUT2D eigenvalue weighted by atomic mass is 10.0. The molecule has 1 atom stereocenters. The number of likely N-dealkylation sites (N-methyl/N-ethyl adjacent to an activating group) is 1. The van der Waals surface area contributed by atoms with E-state index in [1.807, 2.05) is 0 Å². The van der Waals surface area contributed by atoms with Gasteiger partial charge < -0.3 is 4.74 Å². The molecule has 0 aromatic heterocycles. The number of Topliss-reactive ketones (excluding diaryl/α,β-unsaturated/α-hetero) is 1. The molecule has 1 aliphatic carbocycles. The first-order chi connectivity index (χ1) is 8.29. The van der Waals surface area contributed by atoms with Gasteiger partial charge in [-0.05, 0) is 32.2 Å². The first-order valence-corrected chi connectivity index (χ1v) is 7.16. The summed E-state index contributed by atoms with van der Waals surface area (Å²) in [6.45, 7) is 5.57. The van der Waals surface area contributed by atoms with Crippen molar-refractivity contribution in [3.63, 3.8) is 0 Å². The minimum absolute atomic E-state index is 0.355. The first kappa shape index (κ1) is 13.0. The van der Waals surface area contributed by atoms with Crippen molar-refractivity contribution < 1.29 is 9.53 Å². The molecule has 0 bridgehead atoms. The van der Waals surface area contributed by atoms with Crippen LogP contribution < -0.4 is 0 Å². The summed E-state index contributed by atoms with van der Waals surface area (Å²) in [4.78, 5) is 14.4. The van der Waals surface area contributed by atoms with Crippen molar-refractivity contribution in [1.82, 2.24) is 4.90 Å². The highest BCUT2D eigenvalue weighted by molar-refractivity contribution is 5.83. The molecule has 98 valence electrons. The van der Waals surface area contributed by atoms with E-state index in [4.69, 9.17) is 4.74 Å². The Bertz CT molecular complexity index is 243. The molecule has 0 radical (unpaired) electrons. The summed E-state index contributed by atoms with van der Waals surface area (Å²) in [5, 5.41) is 0. The fourth-order valence-corrected chi connectivity index (χ4v) is 2.98. The lowest BCUT2D eigenvalue weighted by Gasteiger charge is -2.24. The van der Waals surface area contributed by atoms with Crippen LogP contribution in [0.5, 0.6) is 0 Å². The van der Waals surface area contributed by atoms with Crippen LogP contribution in [0.1, 0.15) is 45.4 Å². The van der Waals surface area contributed by atoms with Crippen molar-refractivity contribution in [2.24, 2.45) is 5.92 Å². The van der Waals surface area contributed by atoms with Gasteiger partial charge in [0.15, 0.2) is 0 Å². The highest BCUT2D eigenvalue weighted by Gasteiger charge is 2.25. The molecule has 0 aromatic rings. The molecule has 0 N–H and O–H groups in total. The normalized spacial score (nSPS) is 25.9. The van der Waals surface area contributed by atoms with Gasteiger partial charge in [-0.3, -0.25) is 9.69 Å². The number of carbonyl (C=O) groups excluding carboxylic acids is 1. The Balaban J connectivity index is 1.75. The second-order valence-corrected chi connectivity index (χ2v) is 5.41. The van der Waals surface area contributed by atoms with Gasteiger partial charge in [-0.25, -0.2) is 0 Å². The van der Waals surface area contributed by atoms with Crippen LogP contribution in [0, 0.1) is 5.92 Å². The van der Waals surface area contributed by atoms with Crippen molar-refractivity contribution in [1.29, 1.82) is 0 Å². The van der Waals surface area contributed by atoms with Gasteiger partial charge in [0.25, 0.3) is 0 Å². The van der Waals surface area contributed by atoms with E-state index in [1.165, 1.54) is 19.3 Å². The van der Waals surface area contributed by atoms with Crippen LogP contribution in [0.3, 0.4) is 0 Å². The molecule has 3 nitrogen and oxygen atoms in total. The van der Waals surface area contributed by atoms with Gasteiger partial charge in [-0.15, -0.1) is 0 Å². The maximum absolute atomic E-state index is 12.1. The summed E-state index contributed by atoms with van der Waals surface area (Å²) in [6.07, 6.45) is 7.44. The van der Waals surface area contributed by atoms with Crippen molar-refractivity contribution in [3.8, 4) is 0 Å². The van der Waals surface area contributed by atoms with E-state index in [0.717, 1.165) is 39.0 Å². The molecule has 1 saturated heterocycles. The molecule has 0 amide bonds. The number of nitrogens with zero attached hydrogens (tertiary/aromatic N) is 1. The zero-order valence-electron chi connectivity index (χ0n) is 11.0. The highest BCUT2D eigenvalue weighted by Crippen LogP contribution is 2.25. The number of rotatable bonds is 6. The number of ether oxygens (including phenoxy) is 1. The minimum Gasteiger partial charge on any atom is -0.377 e. The maximum atomic E-state index is 12.1. The quantitative estimate of drug-likeness (QED) is 0.712. The molecule has 1 aliphatic heterocycles. The van der Waals surface area contributed by atoms with Crippen LogP contribution in [0.15, 0.2) is 0 Å². The molecule has 0 spiro atoms. The molecule has 17 heavy (non-hydrogen) atoms. The molecular formula is C14H25NO2. The Hall–Kier alpha value is -0.410. The summed E-state index contributed by atoms with van der Waals surface area (Å²) in [5.41, 5.74) is 0. The second-order valence-electron chi connectivity index (χ2n) is 5.41. The van der Waals surface area contributed by atoms with Crippen LogP contribution >= 0.6 is 0 Å². The monoisotopic (exact) mass is 239 g/mol. The van der Waals surface area contributed by atoms with Crippen LogP contribution in [-0.2, 0) is 9.53 Å². The molecule has 1 unspecified atom stereocenters. The molecule has 0 aromatic carbocycles. The maximum Gasteiger partial charge on any atom is 0.149 e. The fraction of sp³-hybridized carbons (Fsp3) is 0.929. The molecule has 2 aliphatic rings. The minimum atomic E-state index is 0.355. The third kappa shape index (κ3) is 3.78. The number of hydrogen-bond acceptors (Lipinski definition) is 3. The van der Waals surface area contributed by atoms with Crippen molar-refractivity contribution in [2.75, 3.05) is 26.2 Å². The third-order valence-electron chi connectivity index (χ3n) is 4.12. The average molecular weight is 239 g/mol. The SMILES string of the molecule is CCN(CC(=O)C1CCCC1)CC1CCCO1. The summed E-state index contributed by atoms with van der Waals surface area (Å²) in [5.74, 6) is 0.816. The van der Waals surface area contributed by atoms with Gasteiger partial charge >= 0.3 is 0 Å². The standard InChI is InChI=1S/C14H25NO2/c1-2-15(10-13-8-5-9-17-13)11-14(16)12-6-3-4-7-12/h12-13H,2-11H2,1H3. The van der Waals surface area contributed by atoms with E-state index in [0.29, 0.717) is 24.3 Å². The average Bonchev–Trinajstić information content (AvgIpc) is 3.00. The van der Waals surface area contributed by atoms with Crippen LogP contribution in [0.2, 0.25) is 0 Å². The zero-order valence-corrected chi connectivity index (χ0v) is 11.0. The summed E-state index contributed by atoms with van der Waals surface area (Å²) in [6, 6.07) is 0. The molecule has 1 heterocycles. The Labute approximate surface area is 105 Å². The van der Waals surface area contributed by atoms with Gasteiger partial charge in [0.2, 0.25) is 0 Å². The summed E-state index contributed by atoms with van der Waals surface area (Å²) in [7, 11) is 0. The van der Waals surface area contributed by atoms with Gasteiger partial charge in [-0.2, -0.15) is 0 Å². The molecule has 2 rings (SSSR count). The molecule has 1 saturated carbocycles. The Morgan fingerprint density at radius 3 is 2.59 bits per heavy atom.